The van der Waals surface area contributed by atoms with E-state index in [1.807, 2.05) is 16.2 Å². The molecule has 2 aromatic heterocycles. The number of hydrogen-bond donors (Lipinski definition) is 0. The maximum absolute atomic E-state index is 12.7. The van der Waals surface area contributed by atoms with Crippen LogP contribution in [0, 0.1) is 0 Å². The van der Waals surface area contributed by atoms with Crippen LogP contribution in [0.25, 0.3) is 15.7 Å². The number of thiazole rings is 1. The highest BCUT2D eigenvalue weighted by atomic mass is 32.2. The fourth-order valence-electron chi connectivity index (χ4n) is 3.90. The first kappa shape index (κ1) is 17.0. The summed E-state index contributed by atoms with van der Waals surface area (Å²) in [4.78, 5) is 19.7. The Morgan fingerprint density at radius 2 is 1.89 bits per heavy atom. The first-order valence-electron chi connectivity index (χ1n) is 9.37. The SMILES string of the molecule is O=c1cc(CSCc2cccc3ccccc23)nc2sc3c(n12)CCCC3. The second-order valence-electron chi connectivity index (χ2n) is 7.01. The van der Waals surface area contributed by atoms with Crippen molar-refractivity contribution in [3.63, 3.8) is 0 Å². The lowest BCUT2D eigenvalue weighted by Crippen LogP contribution is -2.17. The summed E-state index contributed by atoms with van der Waals surface area (Å²) in [6.45, 7) is 0. The summed E-state index contributed by atoms with van der Waals surface area (Å²) in [7, 11) is 0. The van der Waals surface area contributed by atoms with Crippen LogP contribution in [-0.4, -0.2) is 9.38 Å². The molecule has 0 bridgehead atoms. The predicted molar refractivity (Wildman–Crippen MR) is 115 cm³/mol. The van der Waals surface area contributed by atoms with Gasteiger partial charge in [-0.1, -0.05) is 42.5 Å². The molecule has 0 unspecified atom stereocenters. The summed E-state index contributed by atoms with van der Waals surface area (Å²) in [5, 5.41) is 2.58. The molecule has 4 aromatic rings. The molecule has 1 aliphatic rings. The third-order valence-corrected chi connectivity index (χ3v) is 7.36. The summed E-state index contributed by atoms with van der Waals surface area (Å²) < 4.78 is 1.85. The van der Waals surface area contributed by atoms with Crippen LogP contribution in [0.1, 0.15) is 34.7 Å². The average Bonchev–Trinajstić information content (AvgIpc) is 3.07. The van der Waals surface area contributed by atoms with Crippen molar-refractivity contribution in [2.45, 2.75) is 37.2 Å². The molecule has 5 rings (SSSR count). The van der Waals surface area contributed by atoms with Crippen molar-refractivity contribution in [2.75, 3.05) is 0 Å². The Morgan fingerprint density at radius 1 is 1.04 bits per heavy atom. The zero-order valence-corrected chi connectivity index (χ0v) is 16.6. The van der Waals surface area contributed by atoms with Gasteiger partial charge in [-0.2, -0.15) is 11.8 Å². The molecule has 0 amide bonds. The van der Waals surface area contributed by atoms with Gasteiger partial charge in [0.1, 0.15) is 0 Å². The maximum Gasteiger partial charge on any atom is 0.259 e. The molecule has 2 heterocycles. The molecule has 3 nitrogen and oxygen atoms in total. The minimum Gasteiger partial charge on any atom is -0.269 e. The molecule has 136 valence electrons. The lowest BCUT2D eigenvalue weighted by Gasteiger charge is -2.10. The third kappa shape index (κ3) is 3.19. The molecule has 0 saturated heterocycles. The molecule has 0 N–H and O–H groups in total. The summed E-state index contributed by atoms with van der Waals surface area (Å²) in [5.41, 5.74) is 3.51. The fourth-order valence-corrected chi connectivity index (χ4v) is 6.06. The maximum atomic E-state index is 12.7. The van der Waals surface area contributed by atoms with Gasteiger partial charge >= 0.3 is 0 Å². The summed E-state index contributed by atoms with van der Waals surface area (Å²) in [5.74, 6) is 1.68. The smallest absolute Gasteiger partial charge is 0.259 e. The molecule has 5 heteroatoms. The Kier molecular flexibility index (Phi) is 4.50. The largest absolute Gasteiger partial charge is 0.269 e. The summed E-state index contributed by atoms with van der Waals surface area (Å²) in [6, 6.07) is 16.7. The molecule has 0 aliphatic heterocycles. The Morgan fingerprint density at radius 3 is 2.85 bits per heavy atom. The standard InChI is InChI=1S/C22H20N2OS2/c25-21-12-17(23-22-24(21)19-10-3-4-11-20(19)27-22)14-26-13-16-8-5-7-15-6-1-2-9-18(15)16/h1-2,5-9,12H,3-4,10-11,13-14H2. The second-order valence-corrected chi connectivity index (χ2v) is 9.06. The van der Waals surface area contributed by atoms with Crippen molar-refractivity contribution in [2.24, 2.45) is 0 Å². The van der Waals surface area contributed by atoms with Crippen LogP contribution in [-0.2, 0) is 24.3 Å². The average molecular weight is 393 g/mol. The van der Waals surface area contributed by atoms with Crippen LogP contribution in [0.4, 0.5) is 0 Å². The monoisotopic (exact) mass is 392 g/mol. The Balaban J connectivity index is 1.38. The molecule has 0 atom stereocenters. The normalized spacial score (nSPS) is 13.9. The molecule has 0 saturated carbocycles. The number of benzene rings is 2. The summed E-state index contributed by atoms with van der Waals surface area (Å²) in [6.07, 6.45) is 4.50. The van der Waals surface area contributed by atoms with E-state index in [1.54, 1.807) is 17.4 Å². The van der Waals surface area contributed by atoms with Crippen LogP contribution < -0.4 is 5.56 Å². The third-order valence-electron chi connectivity index (χ3n) is 5.20. The molecule has 1 aliphatic carbocycles. The first-order valence-corrected chi connectivity index (χ1v) is 11.3. The van der Waals surface area contributed by atoms with Crippen LogP contribution >= 0.6 is 23.1 Å². The highest BCUT2D eigenvalue weighted by Crippen LogP contribution is 2.29. The van der Waals surface area contributed by atoms with Gasteiger partial charge in [-0.3, -0.25) is 9.20 Å². The van der Waals surface area contributed by atoms with Gasteiger partial charge in [0.15, 0.2) is 4.96 Å². The molecular formula is C22H20N2OS2. The van der Waals surface area contributed by atoms with Gasteiger partial charge in [0.25, 0.3) is 5.56 Å². The number of aromatic nitrogens is 2. The van der Waals surface area contributed by atoms with Gasteiger partial charge in [-0.15, -0.1) is 11.3 Å². The topological polar surface area (TPSA) is 34.4 Å². The highest BCUT2D eigenvalue weighted by molar-refractivity contribution is 7.97. The minimum atomic E-state index is 0.0835. The molecule has 0 spiro atoms. The lowest BCUT2D eigenvalue weighted by atomic mass is 10.0. The number of thioether (sulfide) groups is 1. The predicted octanol–water partition coefficient (Wildman–Crippen LogP) is 5.22. The Bertz CT molecular complexity index is 1190. The van der Waals surface area contributed by atoms with Crippen molar-refractivity contribution in [1.82, 2.24) is 9.38 Å². The molecule has 2 aromatic carbocycles. The minimum absolute atomic E-state index is 0.0835. The van der Waals surface area contributed by atoms with Gasteiger partial charge in [0, 0.05) is 28.1 Å². The zero-order chi connectivity index (χ0) is 18.2. The van der Waals surface area contributed by atoms with Crippen LogP contribution in [0.2, 0.25) is 0 Å². The fraction of sp³-hybridized carbons (Fsp3) is 0.273. The zero-order valence-electron chi connectivity index (χ0n) is 15.0. The van der Waals surface area contributed by atoms with Gasteiger partial charge in [0.2, 0.25) is 0 Å². The van der Waals surface area contributed by atoms with E-state index in [0.717, 1.165) is 35.0 Å². The van der Waals surface area contributed by atoms with Crippen molar-refractivity contribution < 1.29 is 0 Å². The Hall–Kier alpha value is -2.11. The highest BCUT2D eigenvalue weighted by Gasteiger charge is 2.18. The molecule has 0 radical (unpaired) electrons. The number of nitrogens with zero attached hydrogens (tertiary/aromatic N) is 2. The number of fused-ring (bicyclic) bond motifs is 4. The van der Waals surface area contributed by atoms with E-state index in [-0.39, 0.29) is 5.56 Å². The molecule has 0 fully saturated rings. The second kappa shape index (κ2) is 7.13. The molecule has 27 heavy (non-hydrogen) atoms. The van der Waals surface area contributed by atoms with Crippen LogP contribution in [0.15, 0.2) is 53.3 Å². The van der Waals surface area contributed by atoms with Crippen molar-refractivity contribution in [3.05, 3.63) is 80.7 Å². The quantitative estimate of drug-likeness (QED) is 0.477. The van der Waals surface area contributed by atoms with E-state index in [4.69, 9.17) is 4.98 Å². The van der Waals surface area contributed by atoms with Crippen molar-refractivity contribution in [1.29, 1.82) is 0 Å². The van der Waals surface area contributed by atoms with Crippen LogP contribution in [0.5, 0.6) is 0 Å². The van der Waals surface area contributed by atoms with E-state index < -0.39 is 0 Å². The van der Waals surface area contributed by atoms with E-state index >= 15 is 0 Å². The first-order chi connectivity index (χ1) is 13.3. The van der Waals surface area contributed by atoms with E-state index in [2.05, 4.69) is 42.5 Å². The Labute approximate surface area is 166 Å². The van der Waals surface area contributed by atoms with E-state index in [9.17, 15) is 4.79 Å². The number of hydrogen-bond acceptors (Lipinski definition) is 4. The van der Waals surface area contributed by atoms with E-state index in [0.29, 0.717) is 0 Å². The van der Waals surface area contributed by atoms with E-state index in [1.165, 1.54) is 39.7 Å². The summed E-state index contributed by atoms with van der Waals surface area (Å²) >= 11 is 3.52. The van der Waals surface area contributed by atoms with Crippen LogP contribution in [0.3, 0.4) is 0 Å². The van der Waals surface area contributed by atoms with Crippen molar-refractivity contribution >= 4 is 38.8 Å². The van der Waals surface area contributed by atoms with Gasteiger partial charge in [0.05, 0.1) is 5.69 Å². The number of aryl methyl sites for hydroxylation is 2. The van der Waals surface area contributed by atoms with Gasteiger partial charge in [-0.25, -0.2) is 4.98 Å². The van der Waals surface area contributed by atoms with Gasteiger partial charge < -0.3 is 0 Å². The lowest BCUT2D eigenvalue weighted by molar-refractivity contribution is 0.670. The van der Waals surface area contributed by atoms with Crippen molar-refractivity contribution in [3.8, 4) is 0 Å². The number of rotatable bonds is 4. The molecular weight excluding hydrogens is 372 g/mol. The van der Waals surface area contributed by atoms with Gasteiger partial charge in [-0.05, 0) is 42.0 Å².